The Bertz CT molecular complexity index is 77.3. The normalized spacial score (nSPS) is 10.3. The van der Waals surface area contributed by atoms with E-state index in [9.17, 15) is 0 Å². The van der Waals surface area contributed by atoms with Crippen LogP contribution < -0.4 is 0 Å². The van der Waals surface area contributed by atoms with Gasteiger partial charge in [0.25, 0.3) is 0 Å². The van der Waals surface area contributed by atoms with Gasteiger partial charge in [-0.05, 0) is 37.7 Å². The van der Waals surface area contributed by atoms with Crippen molar-refractivity contribution in [3.63, 3.8) is 0 Å². The molecule has 0 aliphatic heterocycles. The van der Waals surface area contributed by atoms with Crippen molar-refractivity contribution in [3.05, 3.63) is 0 Å². The average molecular weight is 266 g/mol. The molecule has 0 aromatic rings. The van der Waals surface area contributed by atoms with E-state index in [2.05, 4.69) is 20.8 Å². The van der Waals surface area contributed by atoms with Crippen molar-refractivity contribution in [2.24, 2.45) is 0 Å². The molecule has 0 saturated carbocycles. The Morgan fingerprint density at radius 1 is 0.643 bits per heavy atom. The van der Waals surface area contributed by atoms with Crippen LogP contribution in [0.15, 0.2) is 0 Å². The van der Waals surface area contributed by atoms with E-state index >= 15 is 0 Å². The first-order valence-electron chi connectivity index (χ1n) is 6.07. The molecule has 0 bridgehead atoms. The van der Waals surface area contributed by atoms with Crippen molar-refractivity contribution in [1.29, 1.82) is 0 Å². The predicted molar refractivity (Wildman–Crippen MR) is 66.2 cm³/mol. The molecule has 0 aromatic heterocycles. The molecule has 0 N–H and O–H groups in total. The molecule has 0 aliphatic rings. The van der Waals surface area contributed by atoms with Gasteiger partial charge in [-0.2, -0.15) is 0 Å². The summed E-state index contributed by atoms with van der Waals surface area (Å²) in [5, 5.41) is 0. The van der Waals surface area contributed by atoms with Gasteiger partial charge in [0.2, 0.25) is 0 Å². The van der Waals surface area contributed by atoms with Crippen LogP contribution in [-0.4, -0.2) is 18.5 Å². The van der Waals surface area contributed by atoms with Crippen molar-refractivity contribution in [2.45, 2.75) is 59.3 Å². The van der Waals surface area contributed by atoms with Gasteiger partial charge < -0.3 is 0 Å². The Balaban J connectivity index is 0. The predicted octanol–water partition coefficient (Wildman–Crippen LogP) is 4.87. The van der Waals surface area contributed by atoms with Gasteiger partial charge in [0.1, 0.15) is 0 Å². The van der Waals surface area contributed by atoms with Crippen LogP contribution in [0.5, 0.6) is 0 Å². The van der Waals surface area contributed by atoms with Gasteiger partial charge in [-0.25, -0.2) is 0 Å². The largest absolute Gasteiger partial charge is 1.00 e. The molecule has 0 heterocycles. The van der Waals surface area contributed by atoms with Crippen molar-refractivity contribution < 1.29 is 17.1 Å². The van der Waals surface area contributed by atoms with Crippen LogP contribution >= 0.6 is 7.92 Å². The van der Waals surface area contributed by atoms with Crippen LogP contribution in [-0.2, 0) is 17.1 Å². The minimum absolute atomic E-state index is 0. The second kappa shape index (κ2) is 13.9. The summed E-state index contributed by atoms with van der Waals surface area (Å²) in [6.07, 6.45) is 13.2. The molecule has 14 heavy (non-hydrogen) atoms. The van der Waals surface area contributed by atoms with Crippen LogP contribution in [0, 0.1) is 0 Å². The van der Waals surface area contributed by atoms with E-state index in [0.29, 0.717) is 7.92 Å². The molecular weight excluding hydrogens is 239 g/mol. The van der Waals surface area contributed by atoms with Crippen LogP contribution in [0.3, 0.4) is 0 Å². The van der Waals surface area contributed by atoms with Gasteiger partial charge in [0.15, 0.2) is 0 Å². The molecule has 0 aliphatic carbocycles. The smallest absolute Gasteiger partial charge is 0.107 e. The zero-order chi connectivity index (χ0) is 9.94. The van der Waals surface area contributed by atoms with E-state index in [4.69, 9.17) is 0 Å². The fraction of sp³-hybridized carbons (Fsp3) is 1.00. The van der Waals surface area contributed by atoms with Gasteiger partial charge >= 0.3 is 17.1 Å². The third-order valence-corrected chi connectivity index (χ3v) is 5.33. The molecule has 0 spiro atoms. The molecular formula is C12H27CuP+. The average Bonchev–Trinajstić information content (AvgIpc) is 2.17. The summed E-state index contributed by atoms with van der Waals surface area (Å²) >= 11 is 0. The first kappa shape index (κ1) is 17.3. The zero-order valence-electron chi connectivity index (χ0n) is 10.1. The van der Waals surface area contributed by atoms with E-state index in [1.165, 1.54) is 38.5 Å². The topological polar surface area (TPSA) is 0 Å². The molecule has 0 radical (unpaired) electrons. The maximum atomic E-state index is 2.31. The molecule has 0 amide bonds. The molecule has 0 saturated heterocycles. The SMILES string of the molecule is CCCCP(CCCC)CCCC.[Cu+]. The first-order chi connectivity index (χ1) is 6.35. The Labute approximate surface area is 103 Å². The minimum Gasteiger partial charge on any atom is -0.107 e. The van der Waals surface area contributed by atoms with Crippen molar-refractivity contribution >= 4 is 7.92 Å². The number of rotatable bonds is 9. The van der Waals surface area contributed by atoms with E-state index in [0.717, 1.165) is 0 Å². The van der Waals surface area contributed by atoms with Gasteiger partial charge in [-0.3, -0.25) is 0 Å². The number of unbranched alkanes of at least 4 members (excludes halogenated alkanes) is 3. The van der Waals surface area contributed by atoms with Crippen molar-refractivity contribution in [3.8, 4) is 0 Å². The van der Waals surface area contributed by atoms with E-state index in [1.807, 2.05) is 0 Å². The summed E-state index contributed by atoms with van der Waals surface area (Å²) in [7, 11) is 0.422. The summed E-state index contributed by atoms with van der Waals surface area (Å²) in [5.74, 6) is 0. The maximum Gasteiger partial charge on any atom is 1.00 e. The summed E-state index contributed by atoms with van der Waals surface area (Å²) < 4.78 is 0. The molecule has 0 aromatic carbocycles. The minimum atomic E-state index is 0. The molecule has 90 valence electrons. The number of hydrogen-bond acceptors (Lipinski definition) is 0. The second-order valence-corrected chi connectivity index (χ2v) is 6.59. The van der Waals surface area contributed by atoms with Gasteiger partial charge in [-0.15, -0.1) is 7.92 Å². The summed E-state index contributed by atoms with van der Waals surface area (Å²) in [6.45, 7) is 6.94. The summed E-state index contributed by atoms with van der Waals surface area (Å²) in [4.78, 5) is 0. The maximum absolute atomic E-state index is 2.31. The van der Waals surface area contributed by atoms with Crippen molar-refractivity contribution in [1.82, 2.24) is 0 Å². The van der Waals surface area contributed by atoms with Crippen LogP contribution in [0.25, 0.3) is 0 Å². The monoisotopic (exact) mass is 265 g/mol. The summed E-state index contributed by atoms with van der Waals surface area (Å²) in [5.41, 5.74) is 0. The Kier molecular flexibility index (Phi) is 17.3. The van der Waals surface area contributed by atoms with E-state index < -0.39 is 0 Å². The molecule has 0 fully saturated rings. The fourth-order valence-corrected chi connectivity index (χ4v) is 4.44. The van der Waals surface area contributed by atoms with Crippen LogP contribution in [0.1, 0.15) is 59.3 Å². The van der Waals surface area contributed by atoms with Gasteiger partial charge in [-0.1, -0.05) is 40.0 Å². The van der Waals surface area contributed by atoms with Gasteiger partial charge in [0, 0.05) is 0 Å². The van der Waals surface area contributed by atoms with Crippen LogP contribution in [0.2, 0.25) is 0 Å². The Hall–Kier alpha value is 0.949. The third-order valence-electron chi connectivity index (χ3n) is 2.48. The van der Waals surface area contributed by atoms with Gasteiger partial charge in [0.05, 0.1) is 0 Å². The van der Waals surface area contributed by atoms with Crippen LogP contribution in [0.4, 0.5) is 0 Å². The molecule has 0 atom stereocenters. The number of hydrogen-bond donors (Lipinski definition) is 0. The van der Waals surface area contributed by atoms with E-state index in [1.54, 1.807) is 18.5 Å². The molecule has 0 nitrogen and oxygen atoms in total. The standard InChI is InChI=1S/C12H27P.Cu/c1-4-7-10-13(11-8-5-2)12-9-6-3;/h4-12H2,1-3H3;/q;+1. The van der Waals surface area contributed by atoms with Crippen molar-refractivity contribution in [2.75, 3.05) is 18.5 Å². The Morgan fingerprint density at radius 2 is 0.929 bits per heavy atom. The second-order valence-electron chi connectivity index (χ2n) is 3.90. The Morgan fingerprint density at radius 3 is 1.14 bits per heavy atom. The molecule has 0 rings (SSSR count). The van der Waals surface area contributed by atoms with E-state index in [-0.39, 0.29) is 17.1 Å². The zero-order valence-corrected chi connectivity index (χ0v) is 11.9. The first-order valence-corrected chi connectivity index (χ1v) is 7.97. The fourth-order valence-electron chi connectivity index (χ4n) is 1.48. The quantitative estimate of drug-likeness (QED) is 0.412. The molecule has 2 heteroatoms. The molecule has 0 unspecified atom stereocenters. The summed E-state index contributed by atoms with van der Waals surface area (Å²) in [6, 6.07) is 0. The third kappa shape index (κ3) is 11.0.